The van der Waals surface area contributed by atoms with Crippen molar-refractivity contribution in [3.63, 3.8) is 0 Å². The first-order valence-corrected chi connectivity index (χ1v) is 27.9. The van der Waals surface area contributed by atoms with E-state index in [1.807, 2.05) is 24.3 Å². The number of rotatable bonds is 23. The summed E-state index contributed by atoms with van der Waals surface area (Å²) in [6.07, 6.45) is 22.8. The van der Waals surface area contributed by atoms with Crippen molar-refractivity contribution in [3.05, 3.63) is 192 Å². The van der Waals surface area contributed by atoms with E-state index in [0.717, 1.165) is 32.1 Å². The van der Waals surface area contributed by atoms with Crippen LogP contribution in [0.5, 0.6) is 0 Å². The number of Topliss-reactive ketones (excluding diaryl/α,β-unsaturated/α-hetero) is 1. The highest BCUT2D eigenvalue weighted by atomic mass is 16.6. The van der Waals surface area contributed by atoms with Gasteiger partial charge in [0, 0.05) is 36.2 Å². The summed E-state index contributed by atoms with van der Waals surface area (Å²) >= 11 is 0. The maximum absolute atomic E-state index is 15.6. The SMILES string of the molecule is CC/C=C\C/C=C\C/C=C\C/C=C\C/C=C\C/C=C\CCC(=O)OC1CC2OCC2(O)C2C(OC(=O)c3ccccc3)C3(O)CC(OC(=O)C(C)C(NC(=O)c4ccccc4)c4ccccc4)C(C)=C(C(O)C(=O)C12C)C3(C)C. The highest BCUT2D eigenvalue weighted by Gasteiger charge is 2.77. The fraction of sp³-hybridized carbons (Fsp3) is 0.439. The van der Waals surface area contributed by atoms with Crippen LogP contribution in [0.3, 0.4) is 0 Å². The number of carbonyl (C=O) groups excluding carboxylic acids is 5. The van der Waals surface area contributed by atoms with E-state index in [1.165, 1.54) is 19.1 Å². The van der Waals surface area contributed by atoms with Crippen molar-refractivity contribution in [2.24, 2.45) is 22.7 Å². The van der Waals surface area contributed by atoms with Gasteiger partial charge in [0.05, 0.1) is 35.6 Å². The van der Waals surface area contributed by atoms with Gasteiger partial charge in [0.15, 0.2) is 5.78 Å². The van der Waals surface area contributed by atoms with E-state index in [-0.39, 0.29) is 36.2 Å². The molecular formula is C66H79NO12. The molecular weight excluding hydrogens is 999 g/mol. The largest absolute Gasteiger partial charge is 0.461 e. The van der Waals surface area contributed by atoms with Gasteiger partial charge in [0.1, 0.15) is 35.6 Å². The summed E-state index contributed by atoms with van der Waals surface area (Å²) in [4.78, 5) is 72.2. The number of benzene rings is 3. The molecule has 420 valence electrons. The lowest BCUT2D eigenvalue weighted by Crippen LogP contribution is -2.81. The number of ketones is 1. The first kappa shape index (κ1) is 59.9. The first-order valence-electron chi connectivity index (χ1n) is 27.9. The van der Waals surface area contributed by atoms with Gasteiger partial charge in [-0.15, -0.1) is 0 Å². The Morgan fingerprint density at radius 3 is 1.77 bits per heavy atom. The standard InChI is InChI=1S/C66H79NO12/c1-7-8-9-10-11-12-13-14-15-16-17-18-19-20-21-22-23-24-34-41-53(68)78-51-42-52-65(74,44-76-52)57-59(79-62(73)49-39-32-27-33-40-49)66(75)43-50(45(2)54(63(66,4)5)56(69)58(70)64(51,57)6)77-61(72)46(3)55(47-35-28-25-29-36-47)67-60(71)48-37-30-26-31-38-48/h8-9,11-12,14-15,17-18,20-21,23-33,35-40,46,50-52,55-57,59,69,74-75H,7,10,13,16,19,22,34,41-44H2,1-6H3,(H,67,71)/b9-8-,12-11-,15-14-,18-17-,21-20-,24-23-. The Morgan fingerprint density at radius 1 is 0.722 bits per heavy atom. The zero-order chi connectivity index (χ0) is 56.8. The van der Waals surface area contributed by atoms with Gasteiger partial charge in [0.25, 0.3) is 5.91 Å². The molecule has 2 saturated carbocycles. The van der Waals surface area contributed by atoms with Crippen molar-refractivity contribution in [2.75, 3.05) is 6.61 Å². The maximum atomic E-state index is 15.6. The molecule has 1 amide bonds. The second kappa shape index (κ2) is 26.9. The normalized spacial score (nSPS) is 28.3. The third-order valence-electron chi connectivity index (χ3n) is 16.6. The van der Waals surface area contributed by atoms with Gasteiger partial charge >= 0.3 is 17.9 Å². The van der Waals surface area contributed by atoms with E-state index < -0.39 is 106 Å². The van der Waals surface area contributed by atoms with Crippen LogP contribution in [0.15, 0.2) is 175 Å². The lowest BCUT2D eigenvalue weighted by Gasteiger charge is -2.67. The monoisotopic (exact) mass is 1080 g/mol. The minimum absolute atomic E-state index is 0.0239. The van der Waals surface area contributed by atoms with Gasteiger partial charge in [-0.2, -0.15) is 0 Å². The quantitative estimate of drug-likeness (QED) is 0.0399. The fourth-order valence-electron chi connectivity index (χ4n) is 11.9. The van der Waals surface area contributed by atoms with Crippen molar-refractivity contribution in [3.8, 4) is 0 Å². The molecule has 11 atom stereocenters. The molecule has 0 aromatic heterocycles. The Hall–Kier alpha value is -6.77. The van der Waals surface area contributed by atoms with Crippen molar-refractivity contribution in [1.82, 2.24) is 5.32 Å². The number of fused-ring (bicyclic) bond motifs is 5. The number of carbonyl (C=O) groups is 5. The van der Waals surface area contributed by atoms with E-state index in [0.29, 0.717) is 24.0 Å². The molecule has 0 spiro atoms. The van der Waals surface area contributed by atoms with Gasteiger partial charge in [-0.05, 0) is 107 Å². The maximum Gasteiger partial charge on any atom is 0.338 e. The fourth-order valence-corrected chi connectivity index (χ4v) is 11.9. The number of aliphatic hydroxyl groups excluding tert-OH is 1. The molecule has 11 unspecified atom stereocenters. The predicted molar refractivity (Wildman–Crippen MR) is 303 cm³/mol. The van der Waals surface area contributed by atoms with Crippen LogP contribution in [-0.2, 0) is 33.3 Å². The highest BCUT2D eigenvalue weighted by molar-refractivity contribution is 5.95. The Labute approximate surface area is 465 Å². The molecule has 4 aliphatic rings. The molecule has 1 heterocycles. The summed E-state index contributed by atoms with van der Waals surface area (Å²) in [6, 6.07) is 24.7. The minimum atomic E-state index is -2.30. The number of esters is 3. The number of allylic oxidation sites excluding steroid dienone is 12. The molecule has 3 aromatic rings. The van der Waals surface area contributed by atoms with Gasteiger partial charge < -0.3 is 39.6 Å². The molecule has 3 fully saturated rings. The van der Waals surface area contributed by atoms with E-state index in [4.69, 9.17) is 18.9 Å². The van der Waals surface area contributed by atoms with Crippen LogP contribution in [0, 0.1) is 22.7 Å². The van der Waals surface area contributed by atoms with Crippen LogP contribution in [0.2, 0.25) is 0 Å². The smallest absolute Gasteiger partial charge is 0.338 e. The molecule has 13 nitrogen and oxygen atoms in total. The second-order valence-corrected chi connectivity index (χ2v) is 22.0. The zero-order valence-electron chi connectivity index (χ0n) is 46.5. The lowest BCUT2D eigenvalue weighted by molar-refractivity contribution is -0.344. The molecule has 13 heteroatoms. The van der Waals surface area contributed by atoms with Crippen LogP contribution in [-0.4, -0.2) is 93.2 Å². The molecule has 2 bridgehead atoms. The Morgan fingerprint density at radius 2 is 1.24 bits per heavy atom. The lowest BCUT2D eigenvalue weighted by atomic mass is 9.44. The summed E-state index contributed by atoms with van der Waals surface area (Å²) in [5, 5.41) is 42.3. The van der Waals surface area contributed by atoms with E-state index in [1.54, 1.807) is 100 Å². The topological polar surface area (TPSA) is 195 Å². The second-order valence-electron chi connectivity index (χ2n) is 22.0. The average molecular weight is 1080 g/mol. The van der Waals surface area contributed by atoms with Gasteiger partial charge in [-0.1, -0.05) is 160 Å². The van der Waals surface area contributed by atoms with E-state index >= 15 is 4.79 Å². The van der Waals surface area contributed by atoms with Gasteiger partial charge in [-0.25, -0.2) is 4.79 Å². The van der Waals surface area contributed by atoms with Crippen molar-refractivity contribution < 1.29 is 58.2 Å². The van der Waals surface area contributed by atoms with Crippen molar-refractivity contribution in [2.45, 2.75) is 154 Å². The minimum Gasteiger partial charge on any atom is -0.461 e. The molecule has 3 aromatic carbocycles. The van der Waals surface area contributed by atoms with Crippen molar-refractivity contribution in [1.29, 1.82) is 0 Å². The number of hydrogen-bond donors (Lipinski definition) is 4. The third-order valence-corrected chi connectivity index (χ3v) is 16.6. The first-order chi connectivity index (χ1) is 37.9. The summed E-state index contributed by atoms with van der Waals surface area (Å²) in [7, 11) is 0. The molecule has 1 saturated heterocycles. The van der Waals surface area contributed by atoms with E-state index in [2.05, 4.69) is 66.9 Å². The number of hydrogen-bond acceptors (Lipinski definition) is 12. The zero-order valence-corrected chi connectivity index (χ0v) is 46.5. The number of amides is 1. The third kappa shape index (κ3) is 13.3. The van der Waals surface area contributed by atoms with Gasteiger partial charge in [0.2, 0.25) is 0 Å². The Kier molecular flexibility index (Phi) is 20.4. The molecule has 0 radical (unpaired) electrons. The van der Waals surface area contributed by atoms with Crippen molar-refractivity contribution >= 4 is 29.6 Å². The van der Waals surface area contributed by atoms with Crippen LogP contribution in [0.1, 0.15) is 138 Å². The highest BCUT2D eigenvalue weighted by Crippen LogP contribution is 2.64. The Balaban J connectivity index is 1.12. The summed E-state index contributed by atoms with van der Waals surface area (Å²) < 4.78 is 25.1. The Bertz CT molecular complexity index is 2810. The van der Waals surface area contributed by atoms with Crippen LogP contribution < -0.4 is 5.32 Å². The van der Waals surface area contributed by atoms with Crippen LogP contribution in [0.25, 0.3) is 0 Å². The van der Waals surface area contributed by atoms with Crippen LogP contribution >= 0.6 is 0 Å². The molecule has 3 aliphatic carbocycles. The number of aliphatic hydroxyl groups is 3. The molecule has 7 rings (SSSR count). The molecule has 1 aliphatic heterocycles. The van der Waals surface area contributed by atoms with Gasteiger partial charge in [-0.3, -0.25) is 19.2 Å². The number of nitrogens with one attached hydrogen (secondary N) is 1. The summed E-state index contributed by atoms with van der Waals surface area (Å²) in [6.45, 7) is 9.76. The molecule has 4 N–H and O–H groups in total. The summed E-state index contributed by atoms with van der Waals surface area (Å²) in [5.74, 6) is -6.12. The predicted octanol–water partition coefficient (Wildman–Crippen LogP) is 10.9. The van der Waals surface area contributed by atoms with E-state index in [9.17, 15) is 34.5 Å². The number of ether oxygens (including phenoxy) is 4. The molecule has 79 heavy (non-hydrogen) atoms. The summed E-state index contributed by atoms with van der Waals surface area (Å²) in [5.41, 5.74) is -6.41. The van der Waals surface area contributed by atoms with Crippen LogP contribution in [0.4, 0.5) is 0 Å². The average Bonchev–Trinajstić information content (AvgIpc) is 3.61.